The van der Waals surface area contributed by atoms with Gasteiger partial charge in [-0.2, -0.15) is 5.06 Å². The van der Waals surface area contributed by atoms with Gasteiger partial charge in [0.25, 0.3) is 0 Å². The summed E-state index contributed by atoms with van der Waals surface area (Å²) < 4.78 is 0. The molecule has 1 atom stereocenters. The number of nitriles is 1. The van der Waals surface area contributed by atoms with E-state index < -0.39 is 0 Å². The number of urea groups is 1. The maximum atomic E-state index is 12.7. The van der Waals surface area contributed by atoms with E-state index in [4.69, 9.17) is 15.8 Å². The van der Waals surface area contributed by atoms with Crippen molar-refractivity contribution < 1.29 is 14.4 Å². The van der Waals surface area contributed by atoms with Gasteiger partial charge in [-0.1, -0.05) is 18.2 Å². The van der Waals surface area contributed by atoms with Gasteiger partial charge >= 0.3 is 6.03 Å². The average molecular weight is 361 g/mol. The molecule has 1 aromatic rings. The lowest BCUT2D eigenvalue weighted by atomic mass is 10.1. The Morgan fingerprint density at radius 1 is 1.38 bits per heavy atom. The number of hydrogen-bond acceptors (Lipinski definition) is 5. The van der Waals surface area contributed by atoms with Crippen molar-refractivity contribution in [3.63, 3.8) is 0 Å². The van der Waals surface area contributed by atoms with E-state index in [9.17, 15) is 9.59 Å². The minimum atomic E-state index is -0.360. The maximum Gasteiger partial charge on any atom is 0.346 e. The fourth-order valence-corrected chi connectivity index (χ4v) is 2.81. The molecular weight excluding hydrogens is 334 g/mol. The van der Waals surface area contributed by atoms with Gasteiger partial charge in [0.2, 0.25) is 5.91 Å². The van der Waals surface area contributed by atoms with E-state index in [-0.39, 0.29) is 30.6 Å². The minimum absolute atomic E-state index is 0.121. The summed E-state index contributed by atoms with van der Waals surface area (Å²) in [6.07, 6.45) is 1.58. The molecule has 2 rings (SSSR count). The number of nitrogens with two attached hydrogens (primary N) is 1. The molecule has 3 N–H and O–H groups in total. The van der Waals surface area contributed by atoms with Crippen LogP contribution in [0.2, 0.25) is 0 Å². The van der Waals surface area contributed by atoms with E-state index in [1.54, 1.807) is 0 Å². The van der Waals surface area contributed by atoms with Crippen molar-refractivity contribution in [2.45, 2.75) is 38.8 Å². The van der Waals surface area contributed by atoms with Crippen LogP contribution in [0.1, 0.15) is 26.7 Å². The molecule has 1 aromatic carbocycles. The number of rotatable bonds is 6. The zero-order valence-corrected chi connectivity index (χ0v) is 15.3. The predicted octanol–water partition coefficient (Wildman–Crippen LogP) is 1.95. The Kier molecular flexibility index (Phi) is 9.12. The van der Waals surface area contributed by atoms with Crippen molar-refractivity contribution in [3.05, 3.63) is 30.3 Å². The van der Waals surface area contributed by atoms with Gasteiger partial charge in [-0.15, -0.1) is 0 Å². The molecular formula is C18H27N5O3. The molecule has 142 valence electrons. The Labute approximate surface area is 154 Å². The lowest BCUT2D eigenvalue weighted by Crippen LogP contribution is -2.53. The molecule has 26 heavy (non-hydrogen) atoms. The number of benzene rings is 1. The first-order valence-corrected chi connectivity index (χ1v) is 8.54. The number of carbonyl (C=O) groups excluding carboxylic acids is 2. The monoisotopic (exact) mass is 361 g/mol. The molecule has 3 amide bonds. The summed E-state index contributed by atoms with van der Waals surface area (Å²) in [4.78, 5) is 31.5. The van der Waals surface area contributed by atoms with Gasteiger partial charge < -0.3 is 11.1 Å². The van der Waals surface area contributed by atoms with Crippen LogP contribution in [0.25, 0.3) is 0 Å². The summed E-state index contributed by atoms with van der Waals surface area (Å²) >= 11 is 0. The molecule has 0 spiro atoms. The summed E-state index contributed by atoms with van der Waals surface area (Å²) in [6, 6.07) is 8.83. The molecule has 1 fully saturated rings. The third kappa shape index (κ3) is 7.09. The molecule has 0 radical (unpaired) electrons. The van der Waals surface area contributed by atoms with Crippen LogP contribution in [0.5, 0.6) is 0 Å². The van der Waals surface area contributed by atoms with Crippen LogP contribution >= 0.6 is 0 Å². The zero-order valence-electron chi connectivity index (χ0n) is 15.3. The highest BCUT2D eigenvalue weighted by molar-refractivity contribution is 5.88. The molecule has 1 aliphatic heterocycles. The van der Waals surface area contributed by atoms with E-state index >= 15 is 0 Å². The SMILES string of the molecule is C#N.CC(C)ON(C(=O)Nc1ccccc1)C1CCCN(CC(N)=O)C1. The number of primary amides is 1. The molecule has 0 saturated carbocycles. The van der Waals surface area contributed by atoms with Gasteiger partial charge in [-0.3, -0.25) is 14.5 Å². The third-order valence-electron chi connectivity index (χ3n) is 3.74. The number of hydrogen-bond donors (Lipinski definition) is 2. The second kappa shape index (κ2) is 11.1. The molecule has 0 bridgehead atoms. The molecule has 1 aliphatic rings. The predicted molar refractivity (Wildman–Crippen MR) is 98.8 cm³/mol. The van der Waals surface area contributed by atoms with E-state index in [1.807, 2.05) is 49.1 Å². The van der Waals surface area contributed by atoms with E-state index in [0.29, 0.717) is 12.2 Å². The first kappa shape index (κ1) is 21.4. The zero-order chi connectivity index (χ0) is 19.5. The lowest BCUT2D eigenvalue weighted by molar-refractivity contribution is -0.178. The lowest BCUT2D eigenvalue weighted by Gasteiger charge is -2.38. The molecule has 1 saturated heterocycles. The van der Waals surface area contributed by atoms with Crippen molar-refractivity contribution in [2.24, 2.45) is 5.73 Å². The molecule has 1 heterocycles. The van der Waals surface area contributed by atoms with Crippen LogP contribution in [0.4, 0.5) is 10.5 Å². The number of nitrogens with one attached hydrogen (secondary N) is 1. The molecule has 1 unspecified atom stereocenters. The van der Waals surface area contributed by atoms with Gasteiger partial charge in [0, 0.05) is 18.8 Å². The molecule has 0 aliphatic carbocycles. The normalized spacial score (nSPS) is 17.0. The number of anilines is 1. The number of nitrogens with zero attached hydrogens (tertiary/aromatic N) is 3. The van der Waals surface area contributed by atoms with Gasteiger partial charge in [0.15, 0.2) is 0 Å². The second-order valence-electron chi connectivity index (χ2n) is 6.27. The Morgan fingerprint density at radius 2 is 2.04 bits per heavy atom. The number of likely N-dealkylation sites (tertiary alicyclic amines) is 1. The van der Waals surface area contributed by atoms with Crippen molar-refractivity contribution >= 4 is 17.6 Å². The van der Waals surface area contributed by atoms with Crippen molar-refractivity contribution in [1.82, 2.24) is 9.96 Å². The fraction of sp³-hybridized carbons (Fsp3) is 0.500. The van der Waals surface area contributed by atoms with Gasteiger partial charge in [-0.25, -0.2) is 10.1 Å². The van der Waals surface area contributed by atoms with Crippen LogP contribution in [-0.4, -0.2) is 53.7 Å². The second-order valence-corrected chi connectivity index (χ2v) is 6.27. The standard InChI is InChI=1S/C17H26N4O3.CHN/c1-13(2)24-21(17(23)19-14-7-4-3-5-8-14)15-9-6-10-20(11-15)12-16(18)22;1-2/h3-5,7-8,13,15H,6,9-12H2,1-2H3,(H2,18,22)(H,19,23);1H. The fourth-order valence-electron chi connectivity index (χ4n) is 2.81. The maximum absolute atomic E-state index is 12.7. The summed E-state index contributed by atoms with van der Waals surface area (Å²) in [7, 11) is 0. The summed E-state index contributed by atoms with van der Waals surface area (Å²) in [6.45, 7) is 8.83. The Balaban J connectivity index is 0.00000163. The number of piperidine rings is 1. The minimum Gasteiger partial charge on any atom is -0.369 e. The highest BCUT2D eigenvalue weighted by Gasteiger charge is 2.31. The van der Waals surface area contributed by atoms with Crippen LogP contribution < -0.4 is 11.1 Å². The van der Waals surface area contributed by atoms with Gasteiger partial charge in [0.1, 0.15) is 0 Å². The van der Waals surface area contributed by atoms with Crippen molar-refractivity contribution in [3.8, 4) is 6.57 Å². The Morgan fingerprint density at radius 3 is 2.62 bits per heavy atom. The summed E-state index contributed by atoms with van der Waals surface area (Å²) in [5.74, 6) is -0.360. The first-order chi connectivity index (χ1) is 12.5. The van der Waals surface area contributed by atoms with Crippen molar-refractivity contribution in [1.29, 1.82) is 5.26 Å². The van der Waals surface area contributed by atoms with Crippen molar-refractivity contribution in [2.75, 3.05) is 25.0 Å². The number of amides is 3. The van der Waals surface area contributed by atoms with E-state index in [2.05, 4.69) is 11.9 Å². The van der Waals surface area contributed by atoms with Gasteiger partial charge in [-0.05, 0) is 45.4 Å². The largest absolute Gasteiger partial charge is 0.369 e. The number of hydroxylamine groups is 2. The van der Waals surface area contributed by atoms with Crippen LogP contribution in [0.15, 0.2) is 30.3 Å². The van der Waals surface area contributed by atoms with Gasteiger partial charge in [0.05, 0.1) is 18.7 Å². The number of carbonyl (C=O) groups is 2. The average Bonchev–Trinajstić information content (AvgIpc) is 2.61. The smallest absolute Gasteiger partial charge is 0.346 e. The summed E-state index contributed by atoms with van der Waals surface area (Å²) in [5.41, 5.74) is 6.00. The Hall–Kier alpha value is -2.63. The highest BCUT2D eigenvalue weighted by Crippen LogP contribution is 2.19. The molecule has 0 aromatic heterocycles. The highest BCUT2D eigenvalue weighted by atomic mass is 16.7. The summed E-state index contributed by atoms with van der Waals surface area (Å²) in [5, 5.41) is 10.8. The first-order valence-electron chi connectivity index (χ1n) is 8.54. The van der Waals surface area contributed by atoms with Crippen LogP contribution in [-0.2, 0) is 9.63 Å². The van der Waals surface area contributed by atoms with Crippen LogP contribution in [0.3, 0.4) is 0 Å². The van der Waals surface area contributed by atoms with E-state index in [1.165, 1.54) is 5.06 Å². The number of para-hydroxylation sites is 1. The topological polar surface area (TPSA) is 112 Å². The van der Waals surface area contributed by atoms with E-state index in [0.717, 1.165) is 19.4 Å². The molecule has 8 nitrogen and oxygen atoms in total. The third-order valence-corrected chi connectivity index (χ3v) is 3.74. The molecule has 8 heteroatoms. The Bertz CT molecular complexity index is 591. The quantitative estimate of drug-likeness (QED) is 0.752. The van der Waals surface area contributed by atoms with Crippen LogP contribution in [0, 0.1) is 11.8 Å².